The van der Waals surface area contributed by atoms with Crippen molar-refractivity contribution < 1.29 is 24.2 Å². The van der Waals surface area contributed by atoms with Crippen LogP contribution in [0.15, 0.2) is 41.3 Å². The first-order chi connectivity index (χ1) is 18.0. The lowest BCUT2D eigenvalue weighted by Gasteiger charge is -2.29. The smallest absolute Gasteiger partial charge is 0.329 e. The van der Waals surface area contributed by atoms with Crippen LogP contribution in [-0.4, -0.2) is 64.1 Å². The van der Waals surface area contributed by atoms with E-state index in [9.17, 15) is 19.5 Å². The summed E-state index contributed by atoms with van der Waals surface area (Å²) in [5, 5.41) is 15.9. The number of thiazole rings is 1. The fourth-order valence-corrected chi connectivity index (χ4v) is 5.93. The Kier molecular flexibility index (Phi) is 10.8. The van der Waals surface area contributed by atoms with Gasteiger partial charge in [0.1, 0.15) is 17.8 Å². The molecule has 2 aliphatic rings. The normalized spacial score (nSPS) is 29.4. The number of nitrogens with zero attached hydrogens (tertiary/aromatic N) is 2. The molecule has 3 heterocycles. The van der Waals surface area contributed by atoms with Crippen molar-refractivity contribution in [1.29, 1.82) is 0 Å². The second kappa shape index (κ2) is 13.8. The molecule has 5 atom stereocenters. The number of aromatic nitrogens is 1. The molecule has 1 aromatic rings. The van der Waals surface area contributed by atoms with Gasteiger partial charge in [-0.25, -0.2) is 9.78 Å². The lowest BCUT2D eigenvalue weighted by atomic mass is 9.94. The molecular formula is C29H41N3O5S. The van der Waals surface area contributed by atoms with Gasteiger partial charge in [0.25, 0.3) is 5.91 Å². The van der Waals surface area contributed by atoms with E-state index in [4.69, 9.17) is 4.74 Å². The number of aliphatic hydroxyl groups excluding tert-OH is 1. The van der Waals surface area contributed by atoms with Gasteiger partial charge in [0.05, 0.1) is 11.1 Å². The third-order valence-electron chi connectivity index (χ3n) is 6.93. The maximum absolute atomic E-state index is 13.3. The molecule has 2 aliphatic heterocycles. The van der Waals surface area contributed by atoms with E-state index < -0.39 is 24.2 Å². The van der Waals surface area contributed by atoms with Gasteiger partial charge in [-0.05, 0) is 44.1 Å². The number of esters is 1. The van der Waals surface area contributed by atoms with Gasteiger partial charge in [0.15, 0.2) is 0 Å². The molecule has 3 rings (SSSR count). The van der Waals surface area contributed by atoms with Gasteiger partial charge >= 0.3 is 5.97 Å². The SMILES string of the molecule is CC1=CC(O)CC(C)Cc2nc(cs2)C(=O)N2CCCC2C(=O)OC(C(C)C)C(C)/C=C/C(=O)NCC=C1. The molecule has 0 aliphatic carbocycles. The topological polar surface area (TPSA) is 109 Å². The van der Waals surface area contributed by atoms with Crippen LogP contribution >= 0.6 is 11.3 Å². The third kappa shape index (κ3) is 8.36. The summed E-state index contributed by atoms with van der Waals surface area (Å²) in [4.78, 5) is 45.0. The van der Waals surface area contributed by atoms with Crippen LogP contribution in [0.5, 0.6) is 0 Å². The van der Waals surface area contributed by atoms with E-state index in [1.54, 1.807) is 22.4 Å². The first-order valence-electron chi connectivity index (χ1n) is 13.5. The summed E-state index contributed by atoms with van der Waals surface area (Å²) in [5.41, 5.74) is 1.25. The van der Waals surface area contributed by atoms with Gasteiger partial charge in [-0.3, -0.25) is 9.59 Å². The Morgan fingerprint density at radius 3 is 2.71 bits per heavy atom. The van der Waals surface area contributed by atoms with E-state index in [1.165, 1.54) is 17.4 Å². The highest BCUT2D eigenvalue weighted by molar-refractivity contribution is 7.09. The Labute approximate surface area is 229 Å². The number of allylic oxidation sites excluding steroid dienone is 2. The van der Waals surface area contributed by atoms with E-state index in [-0.39, 0.29) is 29.6 Å². The molecule has 0 aromatic carbocycles. The molecule has 2 bridgehead atoms. The standard InChI is InChI=1S/C29H41N3O5S/c1-18(2)27-21(5)10-11-25(34)30-12-6-8-19(3)14-22(33)15-20(4)16-26-31-23(17-38-26)28(35)32-13-7-9-24(32)29(36)37-27/h6,8,10-11,14,17-18,20-22,24,27,33H,7,9,12-13,15-16H2,1-5H3,(H,30,34)/b8-6?,11-10+,19-14?. The Morgan fingerprint density at radius 2 is 1.97 bits per heavy atom. The average Bonchev–Trinajstić information content (AvgIpc) is 3.52. The molecule has 38 heavy (non-hydrogen) atoms. The van der Waals surface area contributed by atoms with Crippen molar-refractivity contribution >= 4 is 29.1 Å². The van der Waals surface area contributed by atoms with Crippen molar-refractivity contribution in [1.82, 2.24) is 15.2 Å². The van der Waals surface area contributed by atoms with E-state index in [0.29, 0.717) is 38.0 Å². The summed E-state index contributed by atoms with van der Waals surface area (Å²) in [5.74, 6) is -0.915. The van der Waals surface area contributed by atoms with Gasteiger partial charge in [-0.1, -0.05) is 57.6 Å². The Hall–Kier alpha value is -2.78. The van der Waals surface area contributed by atoms with E-state index in [1.807, 2.05) is 46.8 Å². The second-order valence-electron chi connectivity index (χ2n) is 10.8. The van der Waals surface area contributed by atoms with Crippen molar-refractivity contribution in [3.63, 3.8) is 0 Å². The molecule has 9 heteroatoms. The summed E-state index contributed by atoms with van der Waals surface area (Å²) >= 11 is 1.43. The molecule has 1 saturated heterocycles. The molecule has 2 N–H and O–H groups in total. The predicted octanol–water partition coefficient (Wildman–Crippen LogP) is 4.07. The van der Waals surface area contributed by atoms with E-state index >= 15 is 0 Å². The third-order valence-corrected chi connectivity index (χ3v) is 7.80. The number of nitrogens with one attached hydrogen (secondary N) is 1. The maximum atomic E-state index is 13.3. The van der Waals surface area contributed by atoms with Crippen LogP contribution in [0.1, 0.15) is 69.4 Å². The van der Waals surface area contributed by atoms with Crippen molar-refractivity contribution in [2.75, 3.05) is 13.1 Å². The molecule has 8 nitrogen and oxygen atoms in total. The number of amides is 2. The zero-order chi connectivity index (χ0) is 27.8. The fourth-order valence-electron chi connectivity index (χ4n) is 5.00. The molecule has 2 amide bonds. The van der Waals surface area contributed by atoms with Crippen LogP contribution in [0.3, 0.4) is 0 Å². The lowest BCUT2D eigenvalue weighted by molar-refractivity contribution is -0.158. The minimum absolute atomic E-state index is 0.0258. The summed E-state index contributed by atoms with van der Waals surface area (Å²) in [6.45, 7) is 10.7. The molecular weight excluding hydrogens is 502 g/mol. The molecule has 1 fully saturated rings. The molecule has 0 saturated carbocycles. The number of cyclic esters (lactones) is 1. The minimum Gasteiger partial charge on any atom is -0.460 e. The number of carbonyl (C=O) groups is 3. The van der Waals surface area contributed by atoms with Crippen molar-refractivity contribution in [3.05, 3.63) is 52.0 Å². The highest BCUT2D eigenvalue weighted by atomic mass is 32.1. The van der Waals surface area contributed by atoms with Gasteiger partial charge in [-0.2, -0.15) is 0 Å². The molecule has 0 radical (unpaired) electrons. The fraction of sp³-hybridized carbons (Fsp3) is 0.586. The summed E-state index contributed by atoms with van der Waals surface area (Å²) in [6, 6.07) is -0.647. The van der Waals surface area contributed by atoms with Crippen LogP contribution in [0.4, 0.5) is 0 Å². The second-order valence-corrected chi connectivity index (χ2v) is 11.8. The summed E-state index contributed by atoms with van der Waals surface area (Å²) < 4.78 is 5.95. The molecule has 5 unspecified atom stereocenters. The van der Waals surface area contributed by atoms with Crippen molar-refractivity contribution in [3.8, 4) is 0 Å². The predicted molar refractivity (Wildman–Crippen MR) is 149 cm³/mol. The summed E-state index contributed by atoms with van der Waals surface area (Å²) in [7, 11) is 0. The van der Waals surface area contributed by atoms with E-state index in [0.717, 1.165) is 17.0 Å². The van der Waals surface area contributed by atoms with Crippen LogP contribution in [0, 0.1) is 17.8 Å². The zero-order valence-corrected chi connectivity index (χ0v) is 23.9. The van der Waals surface area contributed by atoms with Crippen LogP contribution in [0.2, 0.25) is 0 Å². The van der Waals surface area contributed by atoms with Gasteiger partial charge < -0.3 is 20.1 Å². The molecule has 1 aromatic heterocycles. The van der Waals surface area contributed by atoms with E-state index in [2.05, 4.69) is 10.3 Å². The highest BCUT2D eigenvalue weighted by Gasteiger charge is 2.38. The quantitative estimate of drug-likeness (QED) is 0.517. The van der Waals surface area contributed by atoms with Crippen LogP contribution in [-0.2, 0) is 20.7 Å². The first-order valence-corrected chi connectivity index (χ1v) is 14.4. The molecule has 208 valence electrons. The maximum Gasteiger partial charge on any atom is 0.329 e. The van der Waals surface area contributed by atoms with Gasteiger partial charge in [0.2, 0.25) is 5.91 Å². The van der Waals surface area contributed by atoms with Crippen molar-refractivity contribution in [2.45, 2.75) is 78.6 Å². The zero-order valence-electron chi connectivity index (χ0n) is 23.1. The number of ether oxygens (including phenoxy) is 1. The first kappa shape index (κ1) is 29.8. The van der Waals surface area contributed by atoms with Crippen LogP contribution in [0.25, 0.3) is 0 Å². The summed E-state index contributed by atoms with van der Waals surface area (Å²) in [6.07, 6.45) is 10.2. The van der Waals surface area contributed by atoms with Crippen LogP contribution < -0.4 is 5.32 Å². The Morgan fingerprint density at radius 1 is 1.21 bits per heavy atom. The number of rotatable bonds is 1. The number of aliphatic hydroxyl groups is 1. The Bertz CT molecular complexity index is 1080. The highest BCUT2D eigenvalue weighted by Crippen LogP contribution is 2.26. The van der Waals surface area contributed by atoms with Crippen molar-refractivity contribution in [2.24, 2.45) is 17.8 Å². The molecule has 0 spiro atoms. The lowest BCUT2D eigenvalue weighted by Crippen LogP contribution is -2.44. The number of hydrogen-bond donors (Lipinski definition) is 2. The van der Waals surface area contributed by atoms with Gasteiger partial charge in [-0.15, -0.1) is 11.3 Å². The Balaban J connectivity index is 1.85. The average molecular weight is 544 g/mol. The monoisotopic (exact) mass is 543 g/mol. The van der Waals surface area contributed by atoms with Gasteiger partial charge in [0, 0.05) is 30.8 Å². The number of hydrogen-bond acceptors (Lipinski definition) is 7. The largest absolute Gasteiger partial charge is 0.460 e. The minimum atomic E-state index is -0.647. The number of carbonyl (C=O) groups excluding carboxylic acids is 3. The number of fused-ring (bicyclic) bond motifs is 3.